The summed E-state index contributed by atoms with van der Waals surface area (Å²) in [5.41, 5.74) is 0.613. The zero-order chi connectivity index (χ0) is 12.1. The monoisotopic (exact) mass is 287 g/mol. The van der Waals surface area contributed by atoms with Gasteiger partial charge in [0.2, 0.25) is 5.91 Å². The standard InChI is InChI=1S/C12H15BrFNO/c1-8(2)3-6-12(16)15-9-4-5-11(14)10(13)7-9/h4-5,7-8H,3,6H2,1-2H3,(H,15,16). The van der Waals surface area contributed by atoms with Gasteiger partial charge in [-0.3, -0.25) is 4.79 Å². The Kier molecular flexibility index (Phi) is 4.93. The molecule has 0 fully saturated rings. The van der Waals surface area contributed by atoms with E-state index in [1.807, 2.05) is 0 Å². The second kappa shape index (κ2) is 5.99. The first-order valence-corrected chi connectivity index (χ1v) is 6.03. The molecule has 0 aliphatic rings. The Labute approximate surface area is 103 Å². The SMILES string of the molecule is CC(C)CCC(=O)Nc1ccc(F)c(Br)c1. The maximum absolute atomic E-state index is 12.9. The van der Waals surface area contributed by atoms with Crippen LogP contribution < -0.4 is 5.32 Å². The van der Waals surface area contributed by atoms with Gasteiger partial charge in [-0.1, -0.05) is 13.8 Å². The fourth-order valence-corrected chi connectivity index (χ4v) is 1.60. The van der Waals surface area contributed by atoms with Crippen molar-refractivity contribution < 1.29 is 9.18 Å². The minimum Gasteiger partial charge on any atom is -0.326 e. The van der Waals surface area contributed by atoms with Crippen LogP contribution in [-0.2, 0) is 4.79 Å². The van der Waals surface area contributed by atoms with Gasteiger partial charge in [-0.2, -0.15) is 0 Å². The highest BCUT2D eigenvalue weighted by Gasteiger charge is 2.05. The molecule has 1 rings (SSSR count). The van der Waals surface area contributed by atoms with Gasteiger partial charge in [0.25, 0.3) is 0 Å². The van der Waals surface area contributed by atoms with Gasteiger partial charge in [0, 0.05) is 12.1 Å². The molecule has 0 spiro atoms. The van der Waals surface area contributed by atoms with E-state index >= 15 is 0 Å². The lowest BCUT2D eigenvalue weighted by molar-refractivity contribution is -0.116. The highest BCUT2D eigenvalue weighted by atomic mass is 79.9. The number of hydrogen-bond acceptors (Lipinski definition) is 1. The number of halogens is 2. The predicted octanol–water partition coefficient (Wildman–Crippen LogP) is 3.96. The summed E-state index contributed by atoms with van der Waals surface area (Å²) in [4.78, 5) is 11.5. The molecule has 0 unspecified atom stereocenters. The molecule has 88 valence electrons. The quantitative estimate of drug-likeness (QED) is 0.892. The van der Waals surface area contributed by atoms with Crippen LogP contribution in [0.5, 0.6) is 0 Å². The highest BCUT2D eigenvalue weighted by Crippen LogP contribution is 2.20. The van der Waals surface area contributed by atoms with E-state index < -0.39 is 0 Å². The van der Waals surface area contributed by atoms with E-state index in [4.69, 9.17) is 0 Å². The Morgan fingerprint density at radius 1 is 1.50 bits per heavy atom. The van der Waals surface area contributed by atoms with Crippen LogP contribution in [0.4, 0.5) is 10.1 Å². The van der Waals surface area contributed by atoms with E-state index in [1.165, 1.54) is 6.07 Å². The van der Waals surface area contributed by atoms with Crippen LogP contribution in [0.3, 0.4) is 0 Å². The van der Waals surface area contributed by atoms with Gasteiger partial charge in [0.1, 0.15) is 5.82 Å². The van der Waals surface area contributed by atoms with E-state index in [9.17, 15) is 9.18 Å². The van der Waals surface area contributed by atoms with Crippen molar-refractivity contribution in [2.75, 3.05) is 5.32 Å². The Hall–Kier alpha value is -0.900. The van der Waals surface area contributed by atoms with Gasteiger partial charge < -0.3 is 5.32 Å². The molecule has 1 amide bonds. The molecule has 0 aliphatic heterocycles. The maximum Gasteiger partial charge on any atom is 0.224 e. The fourth-order valence-electron chi connectivity index (χ4n) is 1.22. The van der Waals surface area contributed by atoms with Crippen molar-refractivity contribution >= 4 is 27.5 Å². The number of rotatable bonds is 4. The molecule has 1 aromatic rings. The third kappa shape index (κ3) is 4.31. The molecule has 0 bridgehead atoms. The van der Waals surface area contributed by atoms with E-state index in [1.54, 1.807) is 12.1 Å². The topological polar surface area (TPSA) is 29.1 Å². The van der Waals surface area contributed by atoms with Gasteiger partial charge in [0.05, 0.1) is 4.47 Å². The fraction of sp³-hybridized carbons (Fsp3) is 0.417. The van der Waals surface area contributed by atoms with Crippen LogP contribution >= 0.6 is 15.9 Å². The molecule has 1 aromatic carbocycles. The largest absolute Gasteiger partial charge is 0.326 e. The number of amides is 1. The summed E-state index contributed by atoms with van der Waals surface area (Å²) < 4.78 is 13.3. The maximum atomic E-state index is 12.9. The summed E-state index contributed by atoms with van der Waals surface area (Å²) in [5.74, 6) is 0.137. The van der Waals surface area contributed by atoms with Crippen LogP contribution in [-0.4, -0.2) is 5.91 Å². The molecular weight excluding hydrogens is 273 g/mol. The van der Waals surface area contributed by atoms with Crippen LogP contribution in [0.15, 0.2) is 22.7 Å². The summed E-state index contributed by atoms with van der Waals surface area (Å²) in [6.45, 7) is 4.14. The van der Waals surface area contributed by atoms with Crippen LogP contribution in [0, 0.1) is 11.7 Å². The number of benzene rings is 1. The first-order chi connectivity index (χ1) is 7.49. The average Bonchev–Trinajstić information content (AvgIpc) is 2.21. The molecule has 2 nitrogen and oxygen atoms in total. The van der Waals surface area contributed by atoms with Crippen molar-refractivity contribution in [1.29, 1.82) is 0 Å². The molecule has 1 N–H and O–H groups in total. The molecular formula is C12H15BrFNO. The second-order valence-corrected chi connectivity index (χ2v) is 4.96. The molecule has 0 saturated heterocycles. The minimum atomic E-state index is -0.333. The summed E-state index contributed by atoms with van der Waals surface area (Å²) in [6, 6.07) is 4.43. The van der Waals surface area contributed by atoms with E-state index in [2.05, 4.69) is 35.1 Å². The van der Waals surface area contributed by atoms with E-state index in [0.29, 0.717) is 22.5 Å². The van der Waals surface area contributed by atoms with Crippen molar-refractivity contribution in [3.8, 4) is 0 Å². The third-order valence-electron chi connectivity index (χ3n) is 2.15. The Bertz CT molecular complexity index is 379. The van der Waals surface area contributed by atoms with E-state index in [0.717, 1.165) is 6.42 Å². The molecule has 16 heavy (non-hydrogen) atoms. The second-order valence-electron chi connectivity index (χ2n) is 4.11. The third-order valence-corrected chi connectivity index (χ3v) is 2.76. The Morgan fingerprint density at radius 3 is 2.75 bits per heavy atom. The first-order valence-electron chi connectivity index (χ1n) is 5.24. The average molecular weight is 288 g/mol. The molecule has 0 atom stereocenters. The summed E-state index contributed by atoms with van der Waals surface area (Å²) in [6.07, 6.45) is 1.35. The summed E-state index contributed by atoms with van der Waals surface area (Å²) in [5, 5.41) is 2.73. The number of carbonyl (C=O) groups excluding carboxylic acids is 1. The van der Waals surface area contributed by atoms with Gasteiger partial charge in [-0.25, -0.2) is 4.39 Å². The number of carbonyl (C=O) groups is 1. The number of anilines is 1. The predicted molar refractivity (Wildman–Crippen MR) is 66.8 cm³/mol. The van der Waals surface area contributed by atoms with Gasteiger partial charge in [0.15, 0.2) is 0 Å². The molecule has 4 heteroatoms. The van der Waals surface area contributed by atoms with Gasteiger partial charge in [-0.15, -0.1) is 0 Å². The number of hydrogen-bond donors (Lipinski definition) is 1. The molecule has 0 aromatic heterocycles. The van der Waals surface area contributed by atoms with E-state index in [-0.39, 0.29) is 11.7 Å². The zero-order valence-electron chi connectivity index (χ0n) is 9.39. The molecule has 0 aliphatic carbocycles. The summed E-state index contributed by atoms with van der Waals surface area (Å²) >= 11 is 3.07. The molecule has 0 saturated carbocycles. The number of nitrogens with one attached hydrogen (secondary N) is 1. The molecule has 0 heterocycles. The van der Waals surface area contributed by atoms with Crippen molar-refractivity contribution in [2.24, 2.45) is 5.92 Å². The van der Waals surface area contributed by atoms with Crippen molar-refractivity contribution in [3.63, 3.8) is 0 Å². The van der Waals surface area contributed by atoms with Crippen molar-refractivity contribution in [1.82, 2.24) is 0 Å². The van der Waals surface area contributed by atoms with Gasteiger partial charge in [-0.05, 0) is 46.5 Å². The normalized spacial score (nSPS) is 10.6. The Morgan fingerprint density at radius 2 is 2.19 bits per heavy atom. The van der Waals surface area contributed by atoms with Crippen LogP contribution in [0.1, 0.15) is 26.7 Å². The zero-order valence-corrected chi connectivity index (χ0v) is 11.0. The lowest BCUT2D eigenvalue weighted by atomic mass is 10.1. The van der Waals surface area contributed by atoms with Crippen molar-refractivity contribution in [2.45, 2.75) is 26.7 Å². The van der Waals surface area contributed by atoms with Crippen LogP contribution in [0.25, 0.3) is 0 Å². The lowest BCUT2D eigenvalue weighted by Crippen LogP contribution is -2.12. The van der Waals surface area contributed by atoms with Crippen molar-refractivity contribution in [3.05, 3.63) is 28.5 Å². The first kappa shape index (κ1) is 13.2. The van der Waals surface area contributed by atoms with Gasteiger partial charge >= 0.3 is 0 Å². The Balaban J connectivity index is 2.53. The molecule has 0 radical (unpaired) electrons. The van der Waals surface area contributed by atoms with Crippen LogP contribution in [0.2, 0.25) is 0 Å². The summed E-state index contributed by atoms with van der Waals surface area (Å²) in [7, 11) is 0. The lowest BCUT2D eigenvalue weighted by Gasteiger charge is -2.07. The highest BCUT2D eigenvalue weighted by molar-refractivity contribution is 9.10. The minimum absolute atomic E-state index is 0.0350. The smallest absolute Gasteiger partial charge is 0.224 e.